The van der Waals surface area contributed by atoms with E-state index in [2.05, 4.69) is 11.4 Å². The van der Waals surface area contributed by atoms with Crippen molar-refractivity contribution in [2.75, 3.05) is 13.3 Å². The molecule has 1 unspecified atom stereocenters. The van der Waals surface area contributed by atoms with Gasteiger partial charge in [0, 0.05) is 0 Å². The van der Waals surface area contributed by atoms with Crippen LogP contribution in [0.15, 0.2) is 12.1 Å². The quantitative estimate of drug-likeness (QED) is 0.895. The highest BCUT2D eigenvalue weighted by Crippen LogP contribution is 2.40. The van der Waals surface area contributed by atoms with Gasteiger partial charge in [0.05, 0.1) is 11.1 Å². The standard InChI is InChI=1S/C12H13ClN2O2/c1-2-3-15-10(6-14)8-4-9(13)12-11(5-8)16-7-17-12/h4-5,10,15H,2-3,7H2,1H3. The van der Waals surface area contributed by atoms with Crippen molar-refractivity contribution in [2.24, 2.45) is 0 Å². The van der Waals surface area contributed by atoms with Gasteiger partial charge < -0.3 is 9.47 Å². The fourth-order valence-corrected chi connectivity index (χ4v) is 1.95. The molecule has 0 aromatic heterocycles. The van der Waals surface area contributed by atoms with Gasteiger partial charge in [0.2, 0.25) is 6.79 Å². The van der Waals surface area contributed by atoms with Crippen molar-refractivity contribution < 1.29 is 9.47 Å². The molecule has 1 atom stereocenters. The molecule has 1 aliphatic heterocycles. The number of hydrogen-bond acceptors (Lipinski definition) is 4. The largest absolute Gasteiger partial charge is 0.454 e. The topological polar surface area (TPSA) is 54.3 Å². The molecule has 1 aliphatic rings. The number of nitriles is 1. The maximum absolute atomic E-state index is 9.12. The van der Waals surface area contributed by atoms with Crippen molar-refractivity contribution >= 4 is 11.6 Å². The van der Waals surface area contributed by atoms with Crippen LogP contribution in [0.1, 0.15) is 24.9 Å². The van der Waals surface area contributed by atoms with Crippen molar-refractivity contribution in [2.45, 2.75) is 19.4 Å². The normalized spacial score (nSPS) is 14.4. The first-order valence-electron chi connectivity index (χ1n) is 5.48. The fraction of sp³-hybridized carbons (Fsp3) is 0.417. The van der Waals surface area contributed by atoms with Crippen molar-refractivity contribution in [3.63, 3.8) is 0 Å². The van der Waals surface area contributed by atoms with Crippen LogP contribution < -0.4 is 14.8 Å². The number of benzene rings is 1. The van der Waals surface area contributed by atoms with E-state index in [9.17, 15) is 0 Å². The van der Waals surface area contributed by atoms with Gasteiger partial charge in [-0.3, -0.25) is 5.32 Å². The van der Waals surface area contributed by atoms with Crippen LogP contribution in [0, 0.1) is 11.3 Å². The smallest absolute Gasteiger partial charge is 0.231 e. The molecule has 0 radical (unpaired) electrons. The summed E-state index contributed by atoms with van der Waals surface area (Å²) in [5.74, 6) is 1.16. The Morgan fingerprint density at radius 3 is 3.06 bits per heavy atom. The van der Waals surface area contributed by atoms with E-state index in [4.69, 9.17) is 26.3 Å². The number of nitrogens with zero attached hydrogens (tertiary/aromatic N) is 1. The molecule has 0 saturated carbocycles. The van der Waals surface area contributed by atoms with Crippen molar-refractivity contribution in [3.8, 4) is 17.6 Å². The van der Waals surface area contributed by atoms with Gasteiger partial charge in [-0.05, 0) is 30.7 Å². The molecule has 17 heavy (non-hydrogen) atoms. The molecule has 1 aromatic rings. The van der Waals surface area contributed by atoms with Crippen LogP contribution in [0.5, 0.6) is 11.5 Å². The van der Waals surface area contributed by atoms with Gasteiger partial charge in [0.15, 0.2) is 11.5 Å². The lowest BCUT2D eigenvalue weighted by molar-refractivity contribution is 0.174. The molecule has 1 N–H and O–H groups in total. The van der Waals surface area contributed by atoms with Gasteiger partial charge >= 0.3 is 0 Å². The first kappa shape index (κ1) is 12.0. The monoisotopic (exact) mass is 252 g/mol. The summed E-state index contributed by atoms with van der Waals surface area (Å²) >= 11 is 6.07. The highest BCUT2D eigenvalue weighted by molar-refractivity contribution is 6.32. The third-order valence-corrected chi connectivity index (χ3v) is 2.79. The summed E-state index contributed by atoms with van der Waals surface area (Å²) in [6, 6.07) is 5.37. The zero-order chi connectivity index (χ0) is 12.3. The average Bonchev–Trinajstić information content (AvgIpc) is 2.79. The van der Waals surface area contributed by atoms with Crippen LogP contribution in [-0.2, 0) is 0 Å². The highest BCUT2D eigenvalue weighted by Gasteiger charge is 2.21. The Bertz CT molecular complexity index is 457. The van der Waals surface area contributed by atoms with Crippen LogP contribution in [-0.4, -0.2) is 13.3 Å². The van der Waals surface area contributed by atoms with E-state index in [1.165, 1.54) is 0 Å². The Kier molecular flexibility index (Phi) is 3.72. The van der Waals surface area contributed by atoms with Crippen LogP contribution in [0.3, 0.4) is 0 Å². The maximum Gasteiger partial charge on any atom is 0.231 e. The van der Waals surface area contributed by atoms with E-state index >= 15 is 0 Å². The summed E-state index contributed by atoms with van der Waals surface area (Å²) in [6.07, 6.45) is 0.969. The minimum absolute atomic E-state index is 0.179. The second-order valence-corrected chi connectivity index (χ2v) is 4.16. The van der Waals surface area contributed by atoms with E-state index in [-0.39, 0.29) is 12.8 Å². The summed E-state index contributed by atoms with van der Waals surface area (Å²) in [7, 11) is 0. The van der Waals surface area contributed by atoms with Gasteiger partial charge in [-0.1, -0.05) is 18.5 Å². The van der Waals surface area contributed by atoms with Crippen LogP contribution in [0.2, 0.25) is 5.02 Å². The summed E-state index contributed by atoms with van der Waals surface area (Å²) in [5, 5.41) is 12.7. The zero-order valence-electron chi connectivity index (χ0n) is 9.50. The number of rotatable bonds is 4. The molecule has 0 fully saturated rings. The van der Waals surface area contributed by atoms with Gasteiger partial charge in [0.1, 0.15) is 6.04 Å². The Morgan fingerprint density at radius 1 is 1.53 bits per heavy atom. The summed E-state index contributed by atoms with van der Waals surface area (Å²) < 4.78 is 10.5. The Morgan fingerprint density at radius 2 is 2.35 bits per heavy atom. The van der Waals surface area contributed by atoms with Gasteiger partial charge in [-0.2, -0.15) is 5.26 Å². The minimum atomic E-state index is -0.373. The van der Waals surface area contributed by atoms with Gasteiger partial charge in [-0.15, -0.1) is 0 Å². The third-order valence-electron chi connectivity index (χ3n) is 2.51. The van der Waals surface area contributed by atoms with Crippen molar-refractivity contribution in [1.29, 1.82) is 5.26 Å². The molecule has 5 heteroatoms. The summed E-state index contributed by atoms with van der Waals surface area (Å²) in [4.78, 5) is 0. The fourth-order valence-electron chi connectivity index (χ4n) is 1.68. The predicted molar refractivity (Wildman–Crippen MR) is 64.2 cm³/mol. The number of ether oxygens (including phenoxy) is 2. The highest BCUT2D eigenvalue weighted by atomic mass is 35.5. The average molecular weight is 253 g/mol. The summed E-state index contributed by atoms with van der Waals surface area (Å²) in [6.45, 7) is 3.01. The molecule has 0 amide bonds. The lowest BCUT2D eigenvalue weighted by atomic mass is 10.1. The van der Waals surface area contributed by atoms with Crippen LogP contribution in [0.25, 0.3) is 0 Å². The van der Waals surface area contributed by atoms with Gasteiger partial charge in [0.25, 0.3) is 0 Å². The van der Waals surface area contributed by atoms with E-state index in [0.29, 0.717) is 16.5 Å². The third kappa shape index (κ3) is 2.46. The van der Waals surface area contributed by atoms with E-state index in [0.717, 1.165) is 18.5 Å². The maximum atomic E-state index is 9.12. The first-order valence-corrected chi connectivity index (χ1v) is 5.86. The lowest BCUT2D eigenvalue weighted by Gasteiger charge is -2.12. The Labute approximate surface area is 105 Å². The number of halogens is 1. The molecular formula is C12H13ClN2O2. The lowest BCUT2D eigenvalue weighted by Crippen LogP contribution is -2.20. The molecular weight excluding hydrogens is 240 g/mol. The van der Waals surface area contributed by atoms with E-state index < -0.39 is 0 Å². The van der Waals surface area contributed by atoms with Crippen LogP contribution in [0.4, 0.5) is 0 Å². The number of fused-ring (bicyclic) bond motifs is 1. The SMILES string of the molecule is CCCNC(C#N)c1cc(Cl)c2c(c1)OCO2. The van der Waals surface area contributed by atoms with E-state index in [1.54, 1.807) is 12.1 Å². The molecule has 1 aromatic carbocycles. The van der Waals surface area contributed by atoms with E-state index in [1.807, 2.05) is 6.92 Å². The molecule has 0 aliphatic carbocycles. The van der Waals surface area contributed by atoms with Crippen molar-refractivity contribution in [1.82, 2.24) is 5.32 Å². The second kappa shape index (κ2) is 5.26. The Balaban J connectivity index is 2.26. The first-order chi connectivity index (χ1) is 8.26. The molecule has 1 heterocycles. The number of hydrogen-bond donors (Lipinski definition) is 1. The molecule has 0 saturated heterocycles. The zero-order valence-corrected chi connectivity index (χ0v) is 10.3. The van der Waals surface area contributed by atoms with Crippen LogP contribution >= 0.6 is 11.6 Å². The molecule has 4 nitrogen and oxygen atoms in total. The molecule has 90 valence electrons. The Hall–Kier alpha value is -1.44. The molecule has 0 bridgehead atoms. The predicted octanol–water partition coefficient (Wildman–Crippen LogP) is 2.63. The minimum Gasteiger partial charge on any atom is -0.454 e. The van der Waals surface area contributed by atoms with Crippen molar-refractivity contribution in [3.05, 3.63) is 22.7 Å². The van der Waals surface area contributed by atoms with Gasteiger partial charge in [-0.25, -0.2) is 0 Å². The number of nitrogens with one attached hydrogen (secondary N) is 1. The molecule has 0 spiro atoms. The second-order valence-electron chi connectivity index (χ2n) is 3.75. The summed E-state index contributed by atoms with van der Waals surface area (Å²) in [5.41, 5.74) is 0.801. The molecule has 2 rings (SSSR count).